The molecule has 0 aliphatic heterocycles. The molecule has 0 spiro atoms. The highest BCUT2D eigenvalue weighted by Gasteiger charge is 2.03. The average molecular weight is 221 g/mol. The standard InChI is InChI=1S/C10H11N3O3/c11-4-9(14)12-5-6-1-2-8-7(3-6)13-10(15)16-8/h1-3H,4-5,11H2,(H,12,14)(H,13,15). The summed E-state index contributed by atoms with van der Waals surface area (Å²) in [7, 11) is 0. The molecule has 1 amide bonds. The summed E-state index contributed by atoms with van der Waals surface area (Å²) < 4.78 is 4.85. The first-order chi connectivity index (χ1) is 7.69. The number of carbonyl (C=O) groups excluding carboxylic acids is 1. The van der Waals surface area contributed by atoms with E-state index >= 15 is 0 Å². The minimum absolute atomic E-state index is 0.0369. The van der Waals surface area contributed by atoms with Crippen LogP contribution in [-0.4, -0.2) is 17.4 Å². The minimum atomic E-state index is -0.488. The Balaban J connectivity index is 2.19. The Morgan fingerprint density at radius 3 is 3.06 bits per heavy atom. The zero-order valence-corrected chi connectivity index (χ0v) is 8.45. The summed E-state index contributed by atoms with van der Waals surface area (Å²) in [6, 6.07) is 5.20. The van der Waals surface area contributed by atoms with E-state index in [0.29, 0.717) is 17.6 Å². The van der Waals surface area contributed by atoms with Gasteiger partial charge in [0, 0.05) is 6.54 Å². The predicted octanol–water partition coefficient (Wildman–Crippen LogP) is -0.304. The van der Waals surface area contributed by atoms with Crippen molar-refractivity contribution >= 4 is 17.0 Å². The number of nitrogens with one attached hydrogen (secondary N) is 2. The van der Waals surface area contributed by atoms with Crippen molar-refractivity contribution < 1.29 is 9.21 Å². The fourth-order valence-electron chi connectivity index (χ4n) is 1.38. The van der Waals surface area contributed by atoms with Crippen molar-refractivity contribution in [2.24, 2.45) is 5.73 Å². The highest BCUT2D eigenvalue weighted by molar-refractivity contribution is 5.78. The van der Waals surface area contributed by atoms with Crippen molar-refractivity contribution in [1.29, 1.82) is 0 Å². The number of rotatable bonds is 3. The van der Waals surface area contributed by atoms with E-state index in [2.05, 4.69) is 10.3 Å². The van der Waals surface area contributed by atoms with Crippen molar-refractivity contribution in [3.05, 3.63) is 34.3 Å². The molecule has 0 radical (unpaired) electrons. The number of aromatic nitrogens is 1. The van der Waals surface area contributed by atoms with E-state index < -0.39 is 5.76 Å². The number of amides is 1. The van der Waals surface area contributed by atoms with Crippen LogP contribution < -0.4 is 16.8 Å². The molecule has 1 aromatic heterocycles. The van der Waals surface area contributed by atoms with Gasteiger partial charge in [0.15, 0.2) is 5.58 Å². The van der Waals surface area contributed by atoms with Crippen LogP contribution in [0.15, 0.2) is 27.4 Å². The normalized spacial score (nSPS) is 10.6. The zero-order chi connectivity index (χ0) is 11.5. The van der Waals surface area contributed by atoms with Crippen LogP contribution in [0.3, 0.4) is 0 Å². The Morgan fingerprint density at radius 1 is 1.50 bits per heavy atom. The summed E-state index contributed by atoms with van der Waals surface area (Å²) >= 11 is 0. The summed E-state index contributed by atoms with van der Waals surface area (Å²) in [5, 5.41) is 2.63. The molecule has 0 saturated carbocycles. The second kappa shape index (κ2) is 4.19. The predicted molar refractivity (Wildman–Crippen MR) is 57.7 cm³/mol. The van der Waals surface area contributed by atoms with Crippen molar-refractivity contribution in [1.82, 2.24) is 10.3 Å². The molecule has 0 bridgehead atoms. The largest absolute Gasteiger partial charge is 0.417 e. The van der Waals surface area contributed by atoms with Crippen LogP contribution in [0.2, 0.25) is 0 Å². The quantitative estimate of drug-likeness (QED) is 0.662. The molecule has 2 rings (SSSR count). The zero-order valence-electron chi connectivity index (χ0n) is 8.45. The van der Waals surface area contributed by atoms with Gasteiger partial charge in [0.2, 0.25) is 5.91 Å². The first-order valence-corrected chi connectivity index (χ1v) is 4.77. The molecule has 0 aliphatic rings. The molecule has 84 valence electrons. The lowest BCUT2D eigenvalue weighted by Gasteiger charge is -2.02. The second-order valence-electron chi connectivity index (χ2n) is 3.33. The van der Waals surface area contributed by atoms with Crippen molar-refractivity contribution in [2.45, 2.75) is 6.54 Å². The number of oxazole rings is 1. The third-order valence-corrected chi connectivity index (χ3v) is 2.16. The monoisotopic (exact) mass is 221 g/mol. The lowest BCUT2D eigenvalue weighted by Crippen LogP contribution is -2.29. The highest BCUT2D eigenvalue weighted by atomic mass is 16.4. The number of carbonyl (C=O) groups is 1. The maximum Gasteiger partial charge on any atom is 0.417 e. The van der Waals surface area contributed by atoms with E-state index in [1.54, 1.807) is 18.2 Å². The Bertz CT molecular complexity index is 570. The molecular formula is C10H11N3O3. The fourth-order valence-corrected chi connectivity index (χ4v) is 1.38. The van der Waals surface area contributed by atoms with Gasteiger partial charge in [-0.3, -0.25) is 9.78 Å². The Labute approximate surface area is 90.4 Å². The smallest absolute Gasteiger partial charge is 0.408 e. The second-order valence-corrected chi connectivity index (χ2v) is 3.33. The van der Waals surface area contributed by atoms with Crippen LogP contribution in [0.1, 0.15) is 5.56 Å². The maximum atomic E-state index is 10.9. The van der Waals surface area contributed by atoms with E-state index in [1.165, 1.54) is 0 Å². The Kier molecular flexibility index (Phi) is 2.74. The van der Waals surface area contributed by atoms with Gasteiger partial charge in [-0.2, -0.15) is 0 Å². The van der Waals surface area contributed by atoms with Crippen LogP contribution in [0.4, 0.5) is 0 Å². The van der Waals surface area contributed by atoms with Gasteiger partial charge < -0.3 is 15.5 Å². The first-order valence-electron chi connectivity index (χ1n) is 4.77. The molecule has 1 aromatic carbocycles. The Morgan fingerprint density at radius 2 is 2.31 bits per heavy atom. The van der Waals surface area contributed by atoms with Crippen molar-refractivity contribution in [2.75, 3.05) is 6.54 Å². The van der Waals surface area contributed by atoms with Gasteiger partial charge in [-0.25, -0.2) is 4.79 Å². The molecule has 2 aromatic rings. The molecule has 0 atom stereocenters. The molecule has 0 unspecified atom stereocenters. The third kappa shape index (κ3) is 2.12. The van der Waals surface area contributed by atoms with Crippen LogP contribution in [0.25, 0.3) is 11.1 Å². The summed E-state index contributed by atoms with van der Waals surface area (Å²) in [5.74, 6) is -0.709. The minimum Gasteiger partial charge on any atom is -0.408 e. The van der Waals surface area contributed by atoms with E-state index in [1.807, 2.05) is 0 Å². The summed E-state index contributed by atoms with van der Waals surface area (Å²) in [4.78, 5) is 24.4. The number of H-pyrrole nitrogens is 1. The summed E-state index contributed by atoms with van der Waals surface area (Å²) in [6.07, 6.45) is 0. The van der Waals surface area contributed by atoms with Gasteiger partial charge in [0.05, 0.1) is 12.1 Å². The Hall–Kier alpha value is -2.08. The van der Waals surface area contributed by atoms with Crippen LogP contribution in [0, 0.1) is 0 Å². The maximum absolute atomic E-state index is 10.9. The molecule has 0 saturated heterocycles. The lowest BCUT2D eigenvalue weighted by atomic mass is 10.2. The van der Waals surface area contributed by atoms with Gasteiger partial charge in [-0.1, -0.05) is 6.07 Å². The van der Waals surface area contributed by atoms with Crippen molar-refractivity contribution in [3.63, 3.8) is 0 Å². The van der Waals surface area contributed by atoms with Gasteiger partial charge in [-0.15, -0.1) is 0 Å². The number of benzene rings is 1. The third-order valence-electron chi connectivity index (χ3n) is 2.16. The molecular weight excluding hydrogens is 210 g/mol. The molecule has 0 fully saturated rings. The number of hydrogen-bond acceptors (Lipinski definition) is 4. The molecule has 6 heteroatoms. The topological polar surface area (TPSA) is 101 Å². The van der Waals surface area contributed by atoms with E-state index in [4.69, 9.17) is 10.2 Å². The van der Waals surface area contributed by atoms with Gasteiger partial charge in [0.1, 0.15) is 0 Å². The lowest BCUT2D eigenvalue weighted by molar-refractivity contribution is -0.119. The first kappa shape index (κ1) is 10.4. The number of fused-ring (bicyclic) bond motifs is 1. The molecule has 4 N–H and O–H groups in total. The molecule has 16 heavy (non-hydrogen) atoms. The number of nitrogens with two attached hydrogens (primary N) is 1. The molecule has 1 heterocycles. The fraction of sp³-hybridized carbons (Fsp3) is 0.200. The van der Waals surface area contributed by atoms with E-state index in [9.17, 15) is 9.59 Å². The number of aromatic amines is 1. The number of hydrogen-bond donors (Lipinski definition) is 3. The van der Waals surface area contributed by atoms with Gasteiger partial charge in [0.25, 0.3) is 0 Å². The van der Waals surface area contributed by atoms with Gasteiger partial charge >= 0.3 is 5.76 Å². The van der Waals surface area contributed by atoms with Crippen LogP contribution >= 0.6 is 0 Å². The van der Waals surface area contributed by atoms with Crippen LogP contribution in [0.5, 0.6) is 0 Å². The SMILES string of the molecule is NCC(=O)NCc1ccc2oc(=O)[nH]c2c1. The van der Waals surface area contributed by atoms with Crippen molar-refractivity contribution in [3.8, 4) is 0 Å². The molecule has 6 nitrogen and oxygen atoms in total. The van der Waals surface area contributed by atoms with E-state index in [0.717, 1.165) is 5.56 Å². The highest BCUT2D eigenvalue weighted by Crippen LogP contribution is 2.11. The average Bonchev–Trinajstić information content (AvgIpc) is 2.65. The van der Waals surface area contributed by atoms with Gasteiger partial charge in [-0.05, 0) is 17.7 Å². The summed E-state index contributed by atoms with van der Waals surface area (Å²) in [5.41, 5.74) is 7.14. The molecule has 0 aliphatic carbocycles. The van der Waals surface area contributed by atoms with E-state index in [-0.39, 0.29) is 12.5 Å². The van der Waals surface area contributed by atoms with Crippen LogP contribution in [-0.2, 0) is 11.3 Å². The summed E-state index contributed by atoms with van der Waals surface area (Å²) in [6.45, 7) is 0.337.